The smallest absolute Gasteiger partial charge is 0.337 e. The largest absolute Gasteiger partial charge is 0.489 e. The summed E-state index contributed by atoms with van der Waals surface area (Å²) in [5, 5.41) is 8.96. The van der Waals surface area contributed by atoms with Gasteiger partial charge in [0, 0.05) is 11.3 Å². The minimum Gasteiger partial charge on any atom is -0.489 e. The standard InChI is InChI=1S/C14H11BrFNO3/c15-13-8(2-1-3-11(13)16)7-20-9-4-5-12(17)10(6-9)14(18)19/h1-6H,7,17H2,(H,18,19). The van der Waals surface area contributed by atoms with Gasteiger partial charge >= 0.3 is 5.97 Å². The first-order valence-corrected chi connectivity index (χ1v) is 6.47. The fourth-order valence-electron chi connectivity index (χ4n) is 1.63. The number of carbonyl (C=O) groups is 1. The number of aromatic carboxylic acids is 1. The van der Waals surface area contributed by atoms with E-state index in [1.54, 1.807) is 18.2 Å². The predicted octanol–water partition coefficient (Wildman–Crippen LogP) is 3.45. The molecule has 0 spiro atoms. The zero-order chi connectivity index (χ0) is 14.7. The van der Waals surface area contributed by atoms with Crippen molar-refractivity contribution in [3.63, 3.8) is 0 Å². The second kappa shape index (κ2) is 5.92. The summed E-state index contributed by atoms with van der Waals surface area (Å²) in [5.41, 5.74) is 6.31. The fourth-order valence-corrected chi connectivity index (χ4v) is 2.01. The topological polar surface area (TPSA) is 72.5 Å². The summed E-state index contributed by atoms with van der Waals surface area (Å²) >= 11 is 3.13. The Morgan fingerprint density at radius 3 is 2.80 bits per heavy atom. The van der Waals surface area contributed by atoms with Crippen LogP contribution in [0.4, 0.5) is 10.1 Å². The van der Waals surface area contributed by atoms with Gasteiger partial charge in [-0.05, 0) is 40.2 Å². The normalized spacial score (nSPS) is 10.3. The number of benzene rings is 2. The van der Waals surface area contributed by atoms with Crippen LogP contribution in [0.3, 0.4) is 0 Å². The molecule has 3 N–H and O–H groups in total. The van der Waals surface area contributed by atoms with Gasteiger partial charge in [-0.2, -0.15) is 0 Å². The maximum atomic E-state index is 13.3. The molecule has 4 nitrogen and oxygen atoms in total. The van der Waals surface area contributed by atoms with Crippen LogP contribution < -0.4 is 10.5 Å². The van der Waals surface area contributed by atoms with Crippen LogP contribution in [0.1, 0.15) is 15.9 Å². The fraction of sp³-hybridized carbons (Fsp3) is 0.0714. The molecule has 0 bridgehead atoms. The van der Waals surface area contributed by atoms with Gasteiger partial charge in [0.25, 0.3) is 0 Å². The van der Waals surface area contributed by atoms with E-state index in [4.69, 9.17) is 15.6 Å². The highest BCUT2D eigenvalue weighted by atomic mass is 79.9. The predicted molar refractivity (Wildman–Crippen MR) is 76.2 cm³/mol. The monoisotopic (exact) mass is 339 g/mol. The molecule has 2 rings (SSSR count). The minimum absolute atomic E-state index is 0.0270. The molecule has 0 fully saturated rings. The van der Waals surface area contributed by atoms with Gasteiger partial charge in [-0.15, -0.1) is 0 Å². The van der Waals surface area contributed by atoms with Crippen molar-refractivity contribution < 1.29 is 19.0 Å². The summed E-state index contributed by atoms with van der Waals surface area (Å²) in [6.07, 6.45) is 0. The Kier molecular flexibility index (Phi) is 4.24. The third kappa shape index (κ3) is 3.08. The average molecular weight is 340 g/mol. The van der Waals surface area contributed by atoms with Crippen LogP contribution in [0.5, 0.6) is 5.75 Å². The highest BCUT2D eigenvalue weighted by Crippen LogP contribution is 2.24. The van der Waals surface area contributed by atoms with Gasteiger partial charge in [-0.25, -0.2) is 9.18 Å². The van der Waals surface area contributed by atoms with E-state index in [0.717, 1.165) is 0 Å². The van der Waals surface area contributed by atoms with Crippen LogP contribution in [-0.2, 0) is 6.61 Å². The number of hydrogen-bond donors (Lipinski definition) is 2. The molecule has 0 atom stereocenters. The Bertz CT molecular complexity index is 661. The van der Waals surface area contributed by atoms with E-state index >= 15 is 0 Å². The van der Waals surface area contributed by atoms with Crippen molar-refractivity contribution in [2.45, 2.75) is 6.61 Å². The van der Waals surface area contributed by atoms with E-state index < -0.39 is 5.97 Å². The van der Waals surface area contributed by atoms with Crippen molar-refractivity contribution in [2.24, 2.45) is 0 Å². The molecule has 0 amide bonds. The molecule has 2 aromatic rings. The van der Waals surface area contributed by atoms with Gasteiger partial charge in [-0.3, -0.25) is 0 Å². The Balaban J connectivity index is 2.17. The Labute approximate surface area is 123 Å². The average Bonchev–Trinajstić information content (AvgIpc) is 2.41. The molecule has 0 aliphatic heterocycles. The molecule has 0 saturated heterocycles. The second-order valence-electron chi connectivity index (χ2n) is 4.06. The maximum absolute atomic E-state index is 13.3. The number of halogens is 2. The number of ether oxygens (including phenoxy) is 1. The molecule has 2 aromatic carbocycles. The highest BCUT2D eigenvalue weighted by molar-refractivity contribution is 9.10. The number of nitrogen functional groups attached to an aromatic ring is 1. The Morgan fingerprint density at radius 1 is 1.35 bits per heavy atom. The van der Waals surface area contributed by atoms with Crippen LogP contribution in [0, 0.1) is 5.82 Å². The minimum atomic E-state index is -1.13. The Hall–Kier alpha value is -2.08. The van der Waals surface area contributed by atoms with Gasteiger partial charge in [0.1, 0.15) is 18.2 Å². The van der Waals surface area contributed by atoms with Crippen LogP contribution in [-0.4, -0.2) is 11.1 Å². The van der Waals surface area contributed by atoms with E-state index in [0.29, 0.717) is 15.8 Å². The van der Waals surface area contributed by atoms with Crippen molar-refractivity contribution in [1.29, 1.82) is 0 Å². The van der Waals surface area contributed by atoms with Gasteiger partial charge < -0.3 is 15.6 Å². The summed E-state index contributed by atoms with van der Waals surface area (Å²) in [6, 6.07) is 8.98. The number of anilines is 1. The van der Waals surface area contributed by atoms with E-state index in [-0.39, 0.29) is 23.7 Å². The quantitative estimate of drug-likeness (QED) is 0.837. The van der Waals surface area contributed by atoms with Gasteiger partial charge in [-0.1, -0.05) is 12.1 Å². The number of rotatable bonds is 4. The van der Waals surface area contributed by atoms with Crippen LogP contribution in [0.2, 0.25) is 0 Å². The molecule has 0 saturated carbocycles. The van der Waals surface area contributed by atoms with Crippen molar-refractivity contribution in [1.82, 2.24) is 0 Å². The highest BCUT2D eigenvalue weighted by Gasteiger charge is 2.10. The van der Waals surface area contributed by atoms with Crippen LogP contribution in [0.15, 0.2) is 40.9 Å². The van der Waals surface area contributed by atoms with Crippen molar-refractivity contribution in [3.8, 4) is 5.75 Å². The molecule has 0 aliphatic rings. The molecule has 104 valence electrons. The molecular weight excluding hydrogens is 329 g/mol. The summed E-state index contributed by atoms with van der Waals surface area (Å²) < 4.78 is 19.1. The SMILES string of the molecule is Nc1ccc(OCc2cccc(F)c2Br)cc1C(=O)O. The summed E-state index contributed by atoms with van der Waals surface area (Å²) in [6.45, 7) is 0.112. The Morgan fingerprint density at radius 2 is 2.10 bits per heavy atom. The summed E-state index contributed by atoms with van der Waals surface area (Å²) in [7, 11) is 0. The molecule has 0 unspecified atom stereocenters. The number of carboxylic acids is 1. The third-order valence-electron chi connectivity index (χ3n) is 2.68. The molecule has 0 aliphatic carbocycles. The van der Waals surface area contributed by atoms with Crippen molar-refractivity contribution in [3.05, 3.63) is 57.8 Å². The zero-order valence-corrected chi connectivity index (χ0v) is 11.9. The van der Waals surface area contributed by atoms with E-state index in [1.807, 2.05) is 0 Å². The van der Waals surface area contributed by atoms with E-state index in [1.165, 1.54) is 18.2 Å². The maximum Gasteiger partial charge on any atom is 0.337 e. The second-order valence-corrected chi connectivity index (χ2v) is 4.85. The number of carboxylic acid groups (broad SMARTS) is 1. The molecule has 0 heterocycles. The summed E-state index contributed by atoms with van der Waals surface area (Å²) in [5.74, 6) is -1.15. The third-order valence-corrected chi connectivity index (χ3v) is 3.57. The van der Waals surface area contributed by atoms with Crippen LogP contribution >= 0.6 is 15.9 Å². The molecule has 6 heteroatoms. The molecule has 20 heavy (non-hydrogen) atoms. The first kappa shape index (κ1) is 14.3. The number of hydrogen-bond acceptors (Lipinski definition) is 3. The first-order valence-electron chi connectivity index (χ1n) is 5.67. The zero-order valence-electron chi connectivity index (χ0n) is 10.3. The lowest BCUT2D eigenvalue weighted by Crippen LogP contribution is -2.04. The van der Waals surface area contributed by atoms with Crippen molar-refractivity contribution >= 4 is 27.6 Å². The lowest BCUT2D eigenvalue weighted by molar-refractivity contribution is 0.0697. The molecular formula is C14H11BrFNO3. The van der Waals surface area contributed by atoms with Crippen molar-refractivity contribution in [2.75, 3.05) is 5.73 Å². The first-order chi connectivity index (χ1) is 9.49. The lowest BCUT2D eigenvalue weighted by Gasteiger charge is -2.10. The van der Waals surface area contributed by atoms with E-state index in [2.05, 4.69) is 15.9 Å². The van der Waals surface area contributed by atoms with Gasteiger partial charge in [0.2, 0.25) is 0 Å². The lowest BCUT2D eigenvalue weighted by atomic mass is 10.1. The number of nitrogens with two attached hydrogens (primary N) is 1. The molecule has 0 aromatic heterocycles. The van der Waals surface area contributed by atoms with Gasteiger partial charge in [0.15, 0.2) is 0 Å². The van der Waals surface area contributed by atoms with Crippen LogP contribution in [0.25, 0.3) is 0 Å². The van der Waals surface area contributed by atoms with Gasteiger partial charge in [0.05, 0.1) is 10.0 Å². The summed E-state index contributed by atoms with van der Waals surface area (Å²) in [4.78, 5) is 11.0. The van der Waals surface area contributed by atoms with E-state index in [9.17, 15) is 9.18 Å². The molecule has 0 radical (unpaired) electrons.